The van der Waals surface area contributed by atoms with Crippen LogP contribution in [0.4, 0.5) is 24.5 Å². The van der Waals surface area contributed by atoms with Crippen molar-refractivity contribution in [3.8, 4) is 11.3 Å². The van der Waals surface area contributed by atoms with E-state index < -0.39 is 17.6 Å². The van der Waals surface area contributed by atoms with Crippen molar-refractivity contribution in [2.45, 2.75) is 51.7 Å². The van der Waals surface area contributed by atoms with E-state index in [1.54, 1.807) is 24.3 Å². The Hall–Kier alpha value is -4.37. The fraction of sp³-hybridized carbons (Fsp3) is 0.286. The molecule has 1 saturated heterocycles. The van der Waals surface area contributed by atoms with Gasteiger partial charge >= 0.3 is 6.18 Å². The molecule has 0 saturated carbocycles. The number of halogens is 4. The van der Waals surface area contributed by atoms with Crippen molar-refractivity contribution < 1.29 is 22.8 Å². The Bertz CT molecular complexity index is 1620. The number of rotatable bonds is 8. The molecule has 0 atom stereocenters. The van der Waals surface area contributed by atoms with Crippen LogP contribution in [0, 0.1) is 0 Å². The summed E-state index contributed by atoms with van der Waals surface area (Å²) in [4.78, 5) is 33.1. The first-order valence-electron chi connectivity index (χ1n) is 15.0. The summed E-state index contributed by atoms with van der Waals surface area (Å²) in [5, 5.41) is 5.68. The third-order valence-corrected chi connectivity index (χ3v) is 7.63. The number of carbonyl (C=O) groups is 2. The van der Waals surface area contributed by atoms with Crippen LogP contribution in [0.3, 0.4) is 0 Å². The molecule has 1 aromatic heterocycles. The van der Waals surface area contributed by atoms with E-state index >= 15 is 0 Å². The minimum Gasteiger partial charge on any atom is -0.372 e. The molecule has 3 aromatic carbocycles. The summed E-state index contributed by atoms with van der Waals surface area (Å²) in [6, 6.07) is 20.8. The quantitative estimate of drug-likeness (QED) is 0.190. The van der Waals surface area contributed by atoms with Gasteiger partial charge in [0.05, 0.1) is 16.9 Å². The lowest BCUT2D eigenvalue weighted by molar-refractivity contribution is -0.137. The number of alkyl halides is 4. The molecule has 0 aliphatic carbocycles. The van der Waals surface area contributed by atoms with Gasteiger partial charge in [0.25, 0.3) is 11.8 Å². The van der Waals surface area contributed by atoms with Gasteiger partial charge in [-0.15, -0.1) is 11.6 Å². The van der Waals surface area contributed by atoms with Crippen LogP contribution in [0.15, 0.2) is 85.1 Å². The first kappa shape index (κ1) is 33.5. The van der Waals surface area contributed by atoms with Crippen LogP contribution in [-0.4, -0.2) is 29.9 Å². The SMILES string of the molecule is CC.O=C(NCc1cccc(C(F)(F)F)c1)c1ccnc(-c2cc(N3CCCCC3)ccc2NC(=O)c2cccc(CCl)c2)c1. The van der Waals surface area contributed by atoms with Crippen LogP contribution < -0.4 is 15.5 Å². The molecule has 2 N–H and O–H groups in total. The predicted octanol–water partition coefficient (Wildman–Crippen LogP) is 8.71. The van der Waals surface area contributed by atoms with E-state index in [1.807, 2.05) is 38.1 Å². The number of piperidine rings is 1. The summed E-state index contributed by atoms with van der Waals surface area (Å²) in [6.07, 6.45) is 0.382. The standard InChI is InChI=1S/C33H30ClF3N4O2.C2H6/c34-20-22-6-4-8-24(16-22)32(43)40-29-11-10-27(41-14-2-1-3-15-41)19-28(29)30-18-25(12-13-38-30)31(42)39-21-23-7-5-9-26(17-23)33(35,36)37;1-2/h4-13,16-19H,1-3,14-15,20-21H2,(H,39,42)(H,40,43);1-2H3. The number of hydrogen-bond donors (Lipinski definition) is 2. The number of carbonyl (C=O) groups excluding carboxylic acids is 2. The van der Waals surface area contributed by atoms with E-state index in [0.29, 0.717) is 28.1 Å². The van der Waals surface area contributed by atoms with Crippen LogP contribution in [0.1, 0.15) is 70.5 Å². The zero-order chi connectivity index (χ0) is 32.4. The van der Waals surface area contributed by atoms with Crippen LogP contribution in [-0.2, 0) is 18.6 Å². The minimum atomic E-state index is -4.47. The molecule has 10 heteroatoms. The lowest BCUT2D eigenvalue weighted by Crippen LogP contribution is -2.29. The number of nitrogens with zero attached hydrogens (tertiary/aromatic N) is 2. The van der Waals surface area contributed by atoms with Crippen molar-refractivity contribution in [3.63, 3.8) is 0 Å². The summed E-state index contributed by atoms with van der Waals surface area (Å²) in [5.41, 5.74) is 3.73. The van der Waals surface area contributed by atoms with Crippen LogP contribution >= 0.6 is 11.6 Å². The Morgan fingerprint density at radius 2 is 1.56 bits per heavy atom. The normalized spacial score (nSPS) is 13.0. The number of hydrogen-bond acceptors (Lipinski definition) is 4. The summed E-state index contributed by atoms with van der Waals surface area (Å²) >= 11 is 5.96. The van der Waals surface area contributed by atoms with Gasteiger partial charge < -0.3 is 15.5 Å². The Balaban J connectivity index is 0.00000226. The highest BCUT2D eigenvalue weighted by atomic mass is 35.5. The molecule has 1 fully saturated rings. The lowest BCUT2D eigenvalue weighted by Gasteiger charge is -2.29. The Kier molecular flexibility index (Phi) is 11.6. The zero-order valence-corrected chi connectivity index (χ0v) is 26.0. The molecule has 236 valence electrons. The van der Waals surface area contributed by atoms with Crippen molar-refractivity contribution in [2.24, 2.45) is 0 Å². The lowest BCUT2D eigenvalue weighted by atomic mass is 10.0. The maximum absolute atomic E-state index is 13.2. The average Bonchev–Trinajstić information content (AvgIpc) is 3.08. The number of amides is 2. The van der Waals surface area contributed by atoms with Crippen LogP contribution in [0.2, 0.25) is 0 Å². The zero-order valence-electron chi connectivity index (χ0n) is 25.3. The first-order valence-corrected chi connectivity index (χ1v) is 15.5. The smallest absolute Gasteiger partial charge is 0.372 e. The minimum absolute atomic E-state index is 0.0759. The highest BCUT2D eigenvalue weighted by Crippen LogP contribution is 2.33. The molecular weight excluding hydrogens is 601 g/mol. The molecule has 0 radical (unpaired) electrons. The summed E-state index contributed by atoms with van der Waals surface area (Å²) in [6.45, 7) is 5.76. The van der Waals surface area contributed by atoms with Crippen molar-refractivity contribution in [1.82, 2.24) is 10.3 Å². The molecule has 45 heavy (non-hydrogen) atoms. The molecule has 4 aromatic rings. The van der Waals surface area contributed by atoms with E-state index in [9.17, 15) is 22.8 Å². The molecule has 6 nitrogen and oxygen atoms in total. The third kappa shape index (κ3) is 8.85. The number of anilines is 2. The predicted molar refractivity (Wildman–Crippen MR) is 174 cm³/mol. The topological polar surface area (TPSA) is 74.3 Å². The van der Waals surface area contributed by atoms with Gasteiger partial charge in [0, 0.05) is 54.1 Å². The van der Waals surface area contributed by atoms with Crippen molar-refractivity contribution >= 4 is 34.8 Å². The molecule has 0 unspecified atom stereocenters. The molecule has 2 amide bonds. The summed E-state index contributed by atoms with van der Waals surface area (Å²) < 4.78 is 39.3. The maximum Gasteiger partial charge on any atom is 0.416 e. The second-order valence-corrected chi connectivity index (χ2v) is 10.6. The number of aromatic nitrogens is 1. The van der Waals surface area contributed by atoms with Gasteiger partial charge in [-0.25, -0.2) is 0 Å². The second kappa shape index (κ2) is 15.6. The van der Waals surface area contributed by atoms with E-state index in [4.69, 9.17) is 11.6 Å². The van der Waals surface area contributed by atoms with Crippen molar-refractivity contribution in [3.05, 3.63) is 113 Å². The van der Waals surface area contributed by atoms with E-state index in [-0.39, 0.29) is 23.9 Å². The van der Waals surface area contributed by atoms with Crippen LogP contribution in [0.5, 0.6) is 0 Å². The molecule has 0 spiro atoms. The second-order valence-electron chi connectivity index (χ2n) is 10.4. The first-order chi connectivity index (χ1) is 21.7. The monoisotopic (exact) mass is 636 g/mol. The Morgan fingerprint density at radius 3 is 2.29 bits per heavy atom. The highest BCUT2D eigenvalue weighted by Gasteiger charge is 2.30. The summed E-state index contributed by atoms with van der Waals surface area (Å²) in [7, 11) is 0. The van der Waals surface area contributed by atoms with Crippen molar-refractivity contribution in [1.29, 1.82) is 0 Å². The van der Waals surface area contributed by atoms with Gasteiger partial charge in [-0.1, -0.05) is 38.1 Å². The number of pyridine rings is 1. The van der Waals surface area contributed by atoms with E-state index in [0.717, 1.165) is 49.3 Å². The largest absolute Gasteiger partial charge is 0.416 e. The van der Waals surface area contributed by atoms with Crippen molar-refractivity contribution in [2.75, 3.05) is 23.3 Å². The molecule has 0 bridgehead atoms. The van der Waals surface area contributed by atoms with Gasteiger partial charge in [-0.2, -0.15) is 13.2 Å². The molecular formula is C35H36ClF3N4O2. The Morgan fingerprint density at radius 1 is 0.844 bits per heavy atom. The number of benzene rings is 3. The Labute approximate surface area is 266 Å². The molecule has 5 rings (SSSR count). The fourth-order valence-electron chi connectivity index (χ4n) is 5.05. The third-order valence-electron chi connectivity index (χ3n) is 7.32. The highest BCUT2D eigenvalue weighted by molar-refractivity contribution is 6.17. The van der Waals surface area contributed by atoms with Gasteiger partial charge in [0.2, 0.25) is 0 Å². The summed E-state index contributed by atoms with van der Waals surface area (Å²) in [5.74, 6) is -0.491. The van der Waals surface area contributed by atoms with Gasteiger partial charge in [0.1, 0.15) is 0 Å². The average molecular weight is 637 g/mol. The van der Waals surface area contributed by atoms with Gasteiger partial charge in [-0.3, -0.25) is 14.6 Å². The van der Waals surface area contributed by atoms with Crippen LogP contribution in [0.25, 0.3) is 11.3 Å². The van der Waals surface area contributed by atoms with Gasteiger partial charge in [-0.05, 0) is 85.0 Å². The van der Waals surface area contributed by atoms with E-state index in [2.05, 4.69) is 20.5 Å². The van der Waals surface area contributed by atoms with Gasteiger partial charge in [0.15, 0.2) is 0 Å². The van der Waals surface area contributed by atoms with E-state index in [1.165, 1.54) is 30.8 Å². The number of nitrogens with one attached hydrogen (secondary N) is 2. The molecule has 2 heterocycles. The maximum atomic E-state index is 13.2. The molecule has 1 aliphatic heterocycles. The fourth-order valence-corrected chi connectivity index (χ4v) is 5.22. The molecule has 1 aliphatic rings.